The lowest BCUT2D eigenvalue weighted by Crippen LogP contribution is -2.68. The summed E-state index contributed by atoms with van der Waals surface area (Å²) in [6.45, 7) is 0.353. The van der Waals surface area contributed by atoms with Crippen molar-refractivity contribution in [2.75, 3.05) is 5.73 Å². The summed E-state index contributed by atoms with van der Waals surface area (Å²) in [5.41, 5.74) is 6.86. The second-order valence-corrected chi connectivity index (χ2v) is 4.20. The third kappa shape index (κ3) is 7.60. The molecule has 126 valence electrons. The van der Waals surface area contributed by atoms with Crippen LogP contribution in [-0.4, -0.2) is 37.0 Å². The van der Waals surface area contributed by atoms with Gasteiger partial charge in [-0.15, -0.1) is 10.2 Å². The highest BCUT2D eigenvalue weighted by Gasteiger charge is 2.14. The molecule has 2 aromatic rings. The molecule has 0 amide bonds. The molecule has 0 saturated carbocycles. The predicted molar refractivity (Wildman–Crippen MR) is 58.0 cm³/mol. The van der Waals surface area contributed by atoms with Crippen molar-refractivity contribution < 1.29 is 54.3 Å². The monoisotopic (exact) mass is 343 g/mol. The van der Waals surface area contributed by atoms with Crippen LogP contribution >= 0.6 is 0 Å². The number of nitrogen functional groups attached to an aromatic ring is 1. The summed E-state index contributed by atoms with van der Waals surface area (Å²) >= 11 is 0. The van der Waals surface area contributed by atoms with Crippen LogP contribution in [0.5, 0.6) is 0 Å². The number of H-pyrrole nitrogens is 1. The average Bonchev–Trinajstić information content (AvgIpc) is 2.68. The van der Waals surface area contributed by atoms with E-state index in [1.165, 1.54) is 6.33 Å². The number of hydrogen-bond donors (Lipinski definition) is 3. The van der Waals surface area contributed by atoms with Gasteiger partial charge in [-0.1, -0.05) is 4.98 Å². The highest BCUT2D eigenvalue weighted by Crippen LogP contribution is 2.08. The maximum absolute atomic E-state index is 10.4. The highest BCUT2D eigenvalue weighted by atomic mass is 35.7. The first-order valence-electron chi connectivity index (χ1n) is 4.99. The van der Waals surface area contributed by atoms with Gasteiger partial charge in [0.15, 0.2) is 18.5 Å². The summed E-state index contributed by atoms with van der Waals surface area (Å²) in [6, 6.07) is 0. The topological polar surface area (TPSA) is 264 Å². The summed E-state index contributed by atoms with van der Waals surface area (Å²) in [4.78, 5) is 21.2. The molecule has 0 aliphatic rings. The van der Waals surface area contributed by atoms with Crippen LogP contribution in [0.3, 0.4) is 0 Å². The van der Waals surface area contributed by atoms with Crippen molar-refractivity contribution >= 4 is 23.0 Å². The molecule has 0 fully saturated rings. The fraction of sp³-hybridized carbons (Fsp3) is 0.250. The number of rotatable bonds is 3. The molecule has 0 aromatic carbocycles. The van der Waals surface area contributed by atoms with E-state index in [2.05, 4.69) is 15.0 Å². The smallest absolute Gasteiger partial charge is 0.307 e. The number of halogens is 1. The van der Waals surface area contributed by atoms with E-state index in [-0.39, 0.29) is 17.4 Å². The second kappa shape index (κ2) is 9.00. The summed E-state index contributed by atoms with van der Waals surface area (Å²) in [5.74, 6) is -0.493. The van der Waals surface area contributed by atoms with Crippen molar-refractivity contribution in [1.82, 2.24) is 15.0 Å². The van der Waals surface area contributed by atoms with Crippen LogP contribution in [0, 0.1) is 10.2 Å². The predicted octanol–water partition coefficient (Wildman–Crippen LogP) is -7.10. The molecule has 13 nitrogen and oxygen atoms in total. The molecule has 0 unspecified atom stereocenters. The normalized spacial score (nSPS) is 10.0. The first-order chi connectivity index (χ1) is 9.18. The molecule has 14 heteroatoms. The Balaban J connectivity index is 0. The number of imidazole rings is 1. The molecule has 2 rings (SSSR count). The Hall–Kier alpha value is -2.13. The number of aryl methyl sites for hydroxylation is 1. The Morgan fingerprint density at radius 2 is 1.86 bits per heavy atom. The zero-order valence-electron chi connectivity index (χ0n) is 10.9. The number of nitrogens with zero attached hydrogens (tertiary/aromatic N) is 3. The largest absolute Gasteiger partial charge is 0.481 e. The molecule has 0 atom stereocenters. The summed E-state index contributed by atoms with van der Waals surface area (Å²) in [7, 11) is -4.94. The van der Waals surface area contributed by atoms with Crippen molar-refractivity contribution in [1.29, 1.82) is 0 Å². The van der Waals surface area contributed by atoms with E-state index in [0.717, 1.165) is 0 Å². The molecule has 22 heavy (non-hydrogen) atoms. The van der Waals surface area contributed by atoms with Crippen molar-refractivity contribution in [2.45, 2.75) is 13.0 Å². The van der Waals surface area contributed by atoms with E-state index in [4.69, 9.17) is 29.5 Å². The molecule has 8 N–H and O–H groups in total. The number of anilines is 1. The zero-order valence-corrected chi connectivity index (χ0v) is 11.6. The molecule has 0 saturated heterocycles. The molecule has 2 heterocycles. The van der Waals surface area contributed by atoms with Crippen LogP contribution in [0.1, 0.15) is 6.42 Å². The van der Waals surface area contributed by atoms with Crippen molar-refractivity contribution in [3.63, 3.8) is 0 Å². The third-order valence-electron chi connectivity index (χ3n) is 2.06. The van der Waals surface area contributed by atoms with Gasteiger partial charge < -0.3 is 21.8 Å². The van der Waals surface area contributed by atoms with Crippen molar-refractivity contribution in [2.24, 2.45) is 0 Å². The van der Waals surface area contributed by atoms with Gasteiger partial charge in [0, 0.05) is 0 Å². The number of aromatic amines is 1. The minimum absolute atomic E-state index is 0. The maximum Gasteiger partial charge on any atom is 0.307 e. The molecule has 0 aliphatic heterocycles. The number of aliphatic carboxylic acids is 1. The number of carbonyl (C=O) groups is 1. The van der Waals surface area contributed by atoms with Crippen LogP contribution in [0.4, 0.5) is 5.82 Å². The van der Waals surface area contributed by atoms with E-state index in [0.29, 0.717) is 23.5 Å². The molecule has 0 spiro atoms. The lowest BCUT2D eigenvalue weighted by atomic mass is 10.4. The van der Waals surface area contributed by atoms with Crippen molar-refractivity contribution in [3.8, 4) is 0 Å². The van der Waals surface area contributed by atoms with Gasteiger partial charge >= 0.3 is 11.6 Å². The molecule has 2 aromatic heterocycles. The Morgan fingerprint density at radius 1 is 1.32 bits per heavy atom. The van der Waals surface area contributed by atoms with Crippen LogP contribution < -0.4 is 28.9 Å². The first kappa shape index (κ1) is 22.2. The Kier molecular flexibility index (Phi) is 9.07. The third-order valence-corrected chi connectivity index (χ3v) is 2.06. The van der Waals surface area contributed by atoms with Crippen LogP contribution in [0.2, 0.25) is 0 Å². The minimum Gasteiger partial charge on any atom is -0.481 e. The lowest BCUT2D eigenvalue weighted by molar-refractivity contribution is -2.00. The molecule has 0 radical (unpaired) electrons. The van der Waals surface area contributed by atoms with E-state index >= 15 is 0 Å². The van der Waals surface area contributed by atoms with Gasteiger partial charge in [-0.3, -0.25) is 9.78 Å². The quantitative estimate of drug-likeness (QED) is 0.446. The standard InChI is InChI=1S/C8H9N5O2.ClHO4.2H2O/c9-7-6-8(11-3-10-7)13(4-12-6)2-1-5(14)15;2-1(3,4)5;;/h3-4H,1-2H2,(H3,9,10,11,14,15);(H,2,3,4,5);2*1H2. The summed E-state index contributed by atoms with van der Waals surface area (Å²) in [5, 5.41) is 8.56. The van der Waals surface area contributed by atoms with E-state index in [1.807, 2.05) is 0 Å². The van der Waals surface area contributed by atoms with Gasteiger partial charge in [0.05, 0.1) is 13.0 Å². The highest BCUT2D eigenvalue weighted by molar-refractivity contribution is 5.77. The van der Waals surface area contributed by atoms with E-state index in [1.54, 1.807) is 10.9 Å². The number of nitrogens with two attached hydrogens (primary N) is 1. The van der Waals surface area contributed by atoms with Gasteiger partial charge in [0.25, 0.3) is 0 Å². The number of hydrogen-bond acceptors (Lipinski definition) is 8. The van der Waals surface area contributed by atoms with Gasteiger partial charge in [0.2, 0.25) is 5.52 Å². The van der Waals surface area contributed by atoms with Gasteiger partial charge in [-0.25, -0.2) is 23.2 Å². The number of aromatic nitrogens is 4. The van der Waals surface area contributed by atoms with Gasteiger partial charge in [0.1, 0.15) is 0 Å². The van der Waals surface area contributed by atoms with Crippen LogP contribution in [0.15, 0.2) is 12.7 Å². The Labute approximate surface area is 124 Å². The fourth-order valence-corrected chi connectivity index (χ4v) is 1.34. The lowest BCUT2D eigenvalue weighted by Gasteiger charge is -2.17. The number of carboxylic acid groups (broad SMARTS) is 1. The second-order valence-electron chi connectivity index (χ2n) is 3.45. The minimum atomic E-state index is -4.94. The van der Waals surface area contributed by atoms with E-state index < -0.39 is 16.2 Å². The molecular weight excluding hydrogens is 330 g/mol. The van der Waals surface area contributed by atoms with Gasteiger partial charge in [-0.2, -0.15) is 4.98 Å². The molecule has 0 aliphatic carbocycles. The van der Waals surface area contributed by atoms with Gasteiger partial charge in [-0.05, 0) is 0 Å². The summed E-state index contributed by atoms with van der Waals surface area (Å²) in [6.07, 6.45) is 3.03. The Bertz CT molecular complexity index is 594. The fourth-order valence-electron chi connectivity index (χ4n) is 1.34. The Morgan fingerprint density at radius 3 is 2.36 bits per heavy atom. The molecular formula is C8H14ClN5O8. The SMILES string of the molecule is Nc1ncnc2c1[nH]c[n+]2CCC(=O)O.O.O.[O-][Cl+3]([O-])([O-])[O-]. The van der Waals surface area contributed by atoms with E-state index in [9.17, 15) is 4.79 Å². The average molecular weight is 344 g/mol. The van der Waals surface area contributed by atoms with Crippen LogP contribution in [-0.2, 0) is 11.3 Å². The maximum atomic E-state index is 10.4. The van der Waals surface area contributed by atoms with Crippen LogP contribution in [0.25, 0.3) is 11.2 Å². The summed E-state index contributed by atoms with van der Waals surface area (Å²) < 4.78 is 35.7. The number of carboxylic acids is 1. The van der Waals surface area contributed by atoms with Crippen molar-refractivity contribution in [3.05, 3.63) is 12.7 Å². The number of nitrogens with one attached hydrogen (secondary N) is 1. The zero-order chi connectivity index (χ0) is 15.3. The number of fused-ring (bicyclic) bond motifs is 1. The first-order valence-corrected chi connectivity index (χ1v) is 6.22. The molecule has 0 bridgehead atoms.